The average Bonchev–Trinajstić information content (AvgIpc) is 2.87. The van der Waals surface area contributed by atoms with Crippen LogP contribution in [-0.2, 0) is 38.2 Å². The highest BCUT2D eigenvalue weighted by atomic mass is 32.2. The van der Waals surface area contributed by atoms with Crippen LogP contribution in [0, 0.1) is 0 Å². The van der Waals surface area contributed by atoms with Crippen molar-refractivity contribution >= 4 is 15.7 Å². The second-order valence-electron chi connectivity index (χ2n) is 8.52. The van der Waals surface area contributed by atoms with Gasteiger partial charge in [0, 0.05) is 33.2 Å². The molecule has 6 nitrogen and oxygen atoms in total. The summed E-state index contributed by atoms with van der Waals surface area (Å²) in [6.45, 7) is 1.82. The highest BCUT2D eigenvalue weighted by Crippen LogP contribution is 2.37. The molecule has 1 heterocycles. The van der Waals surface area contributed by atoms with E-state index in [1.54, 1.807) is 19.2 Å². The van der Waals surface area contributed by atoms with Gasteiger partial charge in [0.05, 0.1) is 24.1 Å². The van der Waals surface area contributed by atoms with Gasteiger partial charge in [-0.3, -0.25) is 4.31 Å². The highest BCUT2D eigenvalue weighted by Gasteiger charge is 2.34. The van der Waals surface area contributed by atoms with Crippen molar-refractivity contribution in [3.05, 3.63) is 95.6 Å². The second-order valence-corrected chi connectivity index (χ2v) is 10.4. The lowest BCUT2D eigenvalue weighted by Crippen LogP contribution is -2.36. The summed E-state index contributed by atoms with van der Waals surface area (Å²) in [5.74, 6) is 0.519. The monoisotopic (exact) mass is 481 g/mol. The molecule has 180 valence electrons. The van der Waals surface area contributed by atoms with E-state index >= 15 is 0 Å². The first kappa shape index (κ1) is 24.3. The number of sulfonamides is 1. The normalized spacial score (nSPS) is 15.6. The van der Waals surface area contributed by atoms with E-state index in [1.807, 2.05) is 66.7 Å². The molecule has 0 aliphatic carbocycles. The minimum absolute atomic E-state index is 0.189. The van der Waals surface area contributed by atoms with Crippen molar-refractivity contribution in [3.63, 3.8) is 0 Å². The van der Waals surface area contributed by atoms with Crippen LogP contribution in [0.5, 0.6) is 5.75 Å². The van der Waals surface area contributed by atoms with E-state index in [0.29, 0.717) is 31.3 Å². The first-order valence-electron chi connectivity index (χ1n) is 11.4. The molecule has 3 aromatic rings. The fourth-order valence-corrected chi connectivity index (χ4v) is 5.22. The fraction of sp³-hybridized carbons (Fsp3) is 0.333. The minimum Gasteiger partial charge on any atom is -0.487 e. The summed E-state index contributed by atoms with van der Waals surface area (Å²) in [4.78, 5) is 0. The first-order valence-corrected chi connectivity index (χ1v) is 13.2. The molecular formula is C27H31NO5S. The van der Waals surface area contributed by atoms with Gasteiger partial charge in [-0.25, -0.2) is 8.42 Å². The summed E-state index contributed by atoms with van der Waals surface area (Å²) in [7, 11) is -1.85. The molecule has 0 unspecified atom stereocenters. The molecule has 7 heteroatoms. The number of benzene rings is 3. The zero-order valence-electron chi connectivity index (χ0n) is 19.6. The number of rotatable bonds is 9. The van der Waals surface area contributed by atoms with Gasteiger partial charge in [0.2, 0.25) is 10.0 Å². The second kappa shape index (κ2) is 10.6. The Morgan fingerprint density at radius 1 is 0.912 bits per heavy atom. The van der Waals surface area contributed by atoms with Gasteiger partial charge in [-0.2, -0.15) is 0 Å². The quantitative estimate of drug-likeness (QED) is 0.436. The predicted octanol–water partition coefficient (Wildman–Crippen LogP) is 4.88. The van der Waals surface area contributed by atoms with Crippen LogP contribution in [0.15, 0.2) is 78.9 Å². The van der Waals surface area contributed by atoms with Crippen LogP contribution >= 0.6 is 0 Å². The lowest BCUT2D eigenvalue weighted by molar-refractivity contribution is -0.0948. The Balaban J connectivity index is 1.62. The SMILES string of the molecule is COC1(c2cccc(CN(c3ccccc3OCc3ccccc3)S(C)(=O)=O)c2)CCOCC1. The van der Waals surface area contributed by atoms with Crippen molar-refractivity contribution in [2.45, 2.75) is 31.6 Å². The standard InChI is InChI=1S/C27H31NO5S/c1-31-27(15-17-32-18-16-27)24-12-8-11-23(19-24)20-28(34(2,29)30)25-13-6-7-14-26(25)33-21-22-9-4-3-5-10-22/h3-14,19H,15-18,20-21H2,1-2H3. The zero-order chi connectivity index (χ0) is 24.0. The summed E-state index contributed by atoms with van der Waals surface area (Å²) >= 11 is 0. The molecule has 1 fully saturated rings. The summed E-state index contributed by atoms with van der Waals surface area (Å²) < 4.78 is 44.7. The third-order valence-electron chi connectivity index (χ3n) is 6.24. The van der Waals surface area contributed by atoms with Crippen LogP contribution in [-0.4, -0.2) is 35.0 Å². The Hall–Kier alpha value is -2.87. The Morgan fingerprint density at radius 2 is 1.59 bits per heavy atom. The molecule has 0 N–H and O–H groups in total. The van der Waals surface area contributed by atoms with Crippen LogP contribution < -0.4 is 9.04 Å². The maximum Gasteiger partial charge on any atom is 0.232 e. The van der Waals surface area contributed by atoms with E-state index in [4.69, 9.17) is 14.2 Å². The van der Waals surface area contributed by atoms with Gasteiger partial charge in [0.25, 0.3) is 0 Å². The van der Waals surface area contributed by atoms with Gasteiger partial charge in [-0.05, 0) is 28.8 Å². The van der Waals surface area contributed by atoms with Gasteiger partial charge in [-0.1, -0.05) is 66.7 Å². The largest absolute Gasteiger partial charge is 0.487 e. The topological polar surface area (TPSA) is 65.1 Å². The van der Waals surface area contributed by atoms with E-state index in [2.05, 4.69) is 0 Å². The molecule has 0 atom stereocenters. The molecule has 0 saturated carbocycles. The van der Waals surface area contributed by atoms with Crippen LogP contribution in [0.1, 0.15) is 29.5 Å². The molecule has 1 aliphatic rings. The number of para-hydroxylation sites is 2. The summed E-state index contributed by atoms with van der Waals surface area (Å²) in [5, 5.41) is 0. The average molecular weight is 482 g/mol. The highest BCUT2D eigenvalue weighted by molar-refractivity contribution is 7.92. The summed E-state index contributed by atoms with van der Waals surface area (Å²) in [5.41, 5.74) is 3.03. The Morgan fingerprint density at radius 3 is 2.29 bits per heavy atom. The van der Waals surface area contributed by atoms with Crippen LogP contribution in [0.2, 0.25) is 0 Å². The third-order valence-corrected chi connectivity index (χ3v) is 7.37. The van der Waals surface area contributed by atoms with Crippen molar-refractivity contribution in [3.8, 4) is 5.75 Å². The maximum atomic E-state index is 12.9. The molecule has 1 saturated heterocycles. The van der Waals surface area contributed by atoms with Gasteiger partial charge >= 0.3 is 0 Å². The number of hydrogen-bond donors (Lipinski definition) is 0. The number of anilines is 1. The number of ether oxygens (including phenoxy) is 3. The number of hydrogen-bond acceptors (Lipinski definition) is 5. The Labute approximate surface area is 202 Å². The fourth-order valence-electron chi connectivity index (χ4n) is 4.33. The third kappa shape index (κ3) is 5.60. The Kier molecular flexibility index (Phi) is 7.56. The zero-order valence-corrected chi connectivity index (χ0v) is 20.5. The van der Waals surface area contributed by atoms with Crippen molar-refractivity contribution in [1.82, 2.24) is 0 Å². The van der Waals surface area contributed by atoms with E-state index in [9.17, 15) is 8.42 Å². The van der Waals surface area contributed by atoms with Crippen molar-refractivity contribution in [2.75, 3.05) is 30.9 Å². The Bertz CT molecular complexity index is 1190. The van der Waals surface area contributed by atoms with Crippen LogP contribution in [0.4, 0.5) is 5.69 Å². The molecular weight excluding hydrogens is 450 g/mol. The van der Waals surface area contributed by atoms with E-state index in [0.717, 1.165) is 29.5 Å². The molecule has 0 amide bonds. The maximum absolute atomic E-state index is 12.9. The molecule has 0 radical (unpaired) electrons. The molecule has 4 rings (SSSR count). The molecule has 1 aliphatic heterocycles. The van der Waals surface area contributed by atoms with Gasteiger partial charge < -0.3 is 14.2 Å². The summed E-state index contributed by atoms with van der Waals surface area (Å²) in [6, 6.07) is 25.0. The first-order chi connectivity index (χ1) is 16.4. The lowest BCUT2D eigenvalue weighted by atomic mass is 9.85. The van der Waals surface area contributed by atoms with Crippen molar-refractivity contribution in [1.29, 1.82) is 0 Å². The lowest BCUT2D eigenvalue weighted by Gasteiger charge is -2.36. The van der Waals surface area contributed by atoms with Crippen molar-refractivity contribution in [2.24, 2.45) is 0 Å². The van der Waals surface area contributed by atoms with E-state index < -0.39 is 15.6 Å². The molecule has 34 heavy (non-hydrogen) atoms. The molecule has 0 aromatic heterocycles. The predicted molar refractivity (Wildman–Crippen MR) is 133 cm³/mol. The van der Waals surface area contributed by atoms with E-state index in [-0.39, 0.29) is 6.54 Å². The molecule has 0 spiro atoms. The number of methoxy groups -OCH3 is 1. The van der Waals surface area contributed by atoms with E-state index in [1.165, 1.54) is 10.6 Å². The molecule has 0 bridgehead atoms. The minimum atomic E-state index is -3.58. The summed E-state index contributed by atoms with van der Waals surface area (Å²) in [6.07, 6.45) is 2.75. The molecule has 3 aromatic carbocycles. The van der Waals surface area contributed by atoms with Gasteiger partial charge in [0.1, 0.15) is 12.4 Å². The van der Waals surface area contributed by atoms with Crippen molar-refractivity contribution < 1.29 is 22.6 Å². The van der Waals surface area contributed by atoms with Gasteiger partial charge in [-0.15, -0.1) is 0 Å². The van der Waals surface area contributed by atoms with Gasteiger partial charge in [0.15, 0.2) is 0 Å². The van der Waals surface area contributed by atoms with Crippen LogP contribution in [0.25, 0.3) is 0 Å². The number of nitrogens with zero attached hydrogens (tertiary/aromatic N) is 1. The smallest absolute Gasteiger partial charge is 0.232 e. The van der Waals surface area contributed by atoms with Crippen LogP contribution in [0.3, 0.4) is 0 Å².